The Bertz CT molecular complexity index is 1080. The van der Waals surface area contributed by atoms with Crippen LogP contribution in [-0.4, -0.2) is 56.1 Å². The van der Waals surface area contributed by atoms with Crippen molar-refractivity contribution in [3.63, 3.8) is 0 Å². The first-order chi connectivity index (χ1) is 15.4. The fourth-order valence-corrected chi connectivity index (χ4v) is 4.89. The summed E-state index contributed by atoms with van der Waals surface area (Å²) in [4.78, 5) is 12.9. The Hall–Kier alpha value is -1.39. The number of hydrogen-bond donors (Lipinski definition) is 0. The van der Waals surface area contributed by atoms with E-state index >= 15 is 0 Å². The minimum atomic E-state index is -1.97. The number of aromatic nitrogens is 2. The lowest BCUT2D eigenvalue weighted by Crippen LogP contribution is -2.42. The lowest BCUT2D eigenvalue weighted by Gasteiger charge is -2.37. The van der Waals surface area contributed by atoms with E-state index in [1.165, 1.54) is 7.11 Å². The number of methoxy groups -OCH3 is 1. The number of carbonyl (C=O) groups is 1. The van der Waals surface area contributed by atoms with Gasteiger partial charge in [0.15, 0.2) is 14.0 Å². The highest BCUT2D eigenvalue weighted by atomic mass is 35.5. The van der Waals surface area contributed by atoms with Gasteiger partial charge in [0.25, 0.3) is 0 Å². The molecule has 2 aromatic rings. The molecule has 0 spiro atoms. The fraction of sp³-hybridized carbons (Fsp3) is 0.667. The summed E-state index contributed by atoms with van der Waals surface area (Å²) in [5, 5.41) is 5.80. The van der Waals surface area contributed by atoms with Crippen molar-refractivity contribution in [3.8, 4) is 0 Å². The second-order valence-electron chi connectivity index (χ2n) is 11.7. The highest BCUT2D eigenvalue weighted by Gasteiger charge is 2.52. The summed E-state index contributed by atoms with van der Waals surface area (Å²) in [5.41, 5.74) is 0.602. The molecule has 34 heavy (non-hydrogen) atoms. The van der Waals surface area contributed by atoms with E-state index in [0.717, 1.165) is 5.46 Å². The molecule has 3 rings (SSSR count). The number of ether oxygens (including phenoxy) is 1. The van der Waals surface area contributed by atoms with E-state index in [1.54, 1.807) is 10.7 Å². The molecule has 1 aromatic carbocycles. The smallest absolute Gasteiger partial charge is 0.464 e. The monoisotopic (exact) mass is 508 g/mol. The topological polar surface area (TPSA) is 71.8 Å². The highest BCUT2D eigenvalue weighted by molar-refractivity contribution is 6.74. The number of fused-ring (bicyclic) bond motifs is 1. The maximum absolute atomic E-state index is 12.9. The van der Waals surface area contributed by atoms with Crippen molar-refractivity contribution < 1.29 is 23.3 Å². The number of halogens is 1. The number of rotatable bonds is 6. The quantitative estimate of drug-likeness (QED) is 0.386. The van der Waals surface area contributed by atoms with Crippen LogP contribution < -0.4 is 5.46 Å². The van der Waals surface area contributed by atoms with E-state index in [2.05, 4.69) is 33.9 Å². The van der Waals surface area contributed by atoms with Crippen LogP contribution in [0, 0.1) is 0 Å². The predicted molar refractivity (Wildman–Crippen MR) is 140 cm³/mol. The van der Waals surface area contributed by atoms with E-state index in [4.69, 9.17) is 35.2 Å². The number of esters is 1. The highest BCUT2D eigenvalue weighted by Crippen LogP contribution is 2.38. The number of carbonyl (C=O) groups excluding carboxylic acids is 1. The van der Waals surface area contributed by atoms with Gasteiger partial charge in [0.1, 0.15) is 5.52 Å². The van der Waals surface area contributed by atoms with E-state index < -0.39 is 32.6 Å². The summed E-state index contributed by atoms with van der Waals surface area (Å²) in [6.07, 6.45) is 0. The largest absolute Gasteiger partial charge is 0.494 e. The third kappa shape index (κ3) is 4.82. The maximum Gasteiger partial charge on any atom is 0.494 e. The van der Waals surface area contributed by atoms with Gasteiger partial charge in [-0.1, -0.05) is 38.4 Å². The van der Waals surface area contributed by atoms with Gasteiger partial charge in [-0.2, -0.15) is 5.10 Å². The third-order valence-electron chi connectivity index (χ3n) is 7.59. The van der Waals surface area contributed by atoms with Crippen LogP contribution in [0.15, 0.2) is 12.1 Å². The Morgan fingerprint density at radius 3 is 2.26 bits per heavy atom. The summed E-state index contributed by atoms with van der Waals surface area (Å²) in [5.74, 6) is -0.483. The minimum absolute atomic E-state index is 0.0772. The lowest BCUT2D eigenvalue weighted by molar-refractivity contribution is 0.00578. The van der Waals surface area contributed by atoms with Crippen LogP contribution in [0.4, 0.5) is 0 Å². The van der Waals surface area contributed by atoms with Crippen molar-refractivity contribution in [2.45, 2.75) is 90.8 Å². The molecule has 0 radical (unpaired) electrons. The molecule has 1 atom stereocenters. The van der Waals surface area contributed by atoms with Crippen LogP contribution in [0.1, 0.15) is 71.9 Å². The zero-order chi connectivity index (χ0) is 25.9. The molecule has 1 aromatic heterocycles. The Balaban J connectivity index is 2.04. The van der Waals surface area contributed by atoms with E-state index in [-0.39, 0.29) is 11.1 Å². The summed E-state index contributed by atoms with van der Waals surface area (Å²) in [6, 6.07) is 3.45. The SMILES string of the molecule is COC(=O)c1c2cc(B3OC(C)(C)C(C)(C)O3)cc(Cl)c2nn1[C@@H](C)CO[Si](C)(C)C(C)(C)C. The fourth-order valence-electron chi connectivity index (χ4n) is 3.53. The van der Waals surface area contributed by atoms with Gasteiger partial charge in [0, 0.05) is 5.39 Å². The van der Waals surface area contributed by atoms with Crippen LogP contribution >= 0.6 is 11.6 Å². The summed E-state index contributed by atoms with van der Waals surface area (Å²) < 4.78 is 25.6. The molecule has 0 aliphatic carbocycles. The second kappa shape index (κ2) is 8.92. The number of benzene rings is 1. The number of nitrogens with zero attached hydrogens (tertiary/aromatic N) is 2. The zero-order valence-corrected chi connectivity index (χ0v) is 24.1. The van der Waals surface area contributed by atoms with Gasteiger partial charge in [-0.15, -0.1) is 0 Å². The van der Waals surface area contributed by atoms with Gasteiger partial charge in [0.05, 0.1) is 36.0 Å². The molecule has 2 heterocycles. The van der Waals surface area contributed by atoms with E-state index in [0.29, 0.717) is 28.2 Å². The normalized spacial score (nSPS) is 19.0. The standard InChI is InChI=1S/C24H38BClN2O5Si/c1-15(14-31-34(10,11)22(2,3)4)28-20(21(29)30-9)17-12-16(13-18(26)19(17)27-28)25-32-23(5,6)24(7,8)33-25/h12-13,15H,14H2,1-11H3/t15-/m0/s1. The summed E-state index contributed by atoms with van der Waals surface area (Å²) >= 11 is 6.67. The van der Waals surface area contributed by atoms with Gasteiger partial charge in [-0.05, 0) is 64.3 Å². The van der Waals surface area contributed by atoms with Crippen LogP contribution in [0.3, 0.4) is 0 Å². The van der Waals surface area contributed by atoms with E-state index in [1.807, 2.05) is 40.7 Å². The van der Waals surface area contributed by atoms with Crippen molar-refractivity contribution in [2.75, 3.05) is 13.7 Å². The molecule has 0 N–H and O–H groups in total. The first-order valence-electron chi connectivity index (χ1n) is 11.7. The Kier molecular flexibility index (Phi) is 7.14. The molecule has 1 aliphatic rings. The molecule has 1 saturated heterocycles. The third-order valence-corrected chi connectivity index (χ3v) is 12.4. The summed E-state index contributed by atoms with van der Waals surface area (Å²) in [6.45, 7) is 21.4. The van der Waals surface area contributed by atoms with Gasteiger partial charge >= 0.3 is 13.1 Å². The molecule has 0 saturated carbocycles. The molecule has 1 fully saturated rings. The Labute approximate surface area is 209 Å². The van der Waals surface area contributed by atoms with Crippen molar-refractivity contribution in [3.05, 3.63) is 22.8 Å². The molecule has 0 unspecified atom stereocenters. The van der Waals surface area contributed by atoms with Gasteiger partial charge in [-0.3, -0.25) is 4.68 Å². The Morgan fingerprint density at radius 1 is 1.21 bits per heavy atom. The van der Waals surface area contributed by atoms with Gasteiger partial charge in [0.2, 0.25) is 0 Å². The van der Waals surface area contributed by atoms with Crippen molar-refractivity contribution in [1.29, 1.82) is 0 Å². The molecule has 188 valence electrons. The summed E-state index contributed by atoms with van der Waals surface area (Å²) in [7, 11) is -1.22. The van der Waals surface area contributed by atoms with Crippen molar-refractivity contribution >= 4 is 49.4 Å². The molecule has 10 heteroatoms. The van der Waals surface area contributed by atoms with Gasteiger partial charge in [-0.25, -0.2) is 4.79 Å². The molecule has 7 nitrogen and oxygen atoms in total. The molecule has 0 amide bonds. The van der Waals surface area contributed by atoms with Crippen LogP contribution in [-0.2, 0) is 18.5 Å². The first-order valence-corrected chi connectivity index (χ1v) is 15.0. The Morgan fingerprint density at radius 2 is 1.76 bits per heavy atom. The minimum Gasteiger partial charge on any atom is -0.464 e. The van der Waals surface area contributed by atoms with Crippen LogP contribution in [0.25, 0.3) is 10.9 Å². The molecular weight excluding hydrogens is 471 g/mol. The van der Waals surface area contributed by atoms with Crippen LogP contribution in [0.2, 0.25) is 23.2 Å². The average Bonchev–Trinajstić information content (AvgIpc) is 3.19. The van der Waals surface area contributed by atoms with Crippen molar-refractivity contribution in [1.82, 2.24) is 9.78 Å². The zero-order valence-electron chi connectivity index (χ0n) is 22.3. The average molecular weight is 509 g/mol. The molecule has 1 aliphatic heterocycles. The van der Waals surface area contributed by atoms with E-state index in [9.17, 15) is 4.79 Å². The predicted octanol–water partition coefficient (Wildman–Crippen LogP) is 5.36. The maximum atomic E-state index is 12.9. The van der Waals surface area contributed by atoms with Gasteiger partial charge < -0.3 is 18.5 Å². The van der Waals surface area contributed by atoms with Crippen molar-refractivity contribution in [2.24, 2.45) is 0 Å². The number of hydrogen-bond acceptors (Lipinski definition) is 6. The lowest BCUT2D eigenvalue weighted by atomic mass is 9.78. The second-order valence-corrected chi connectivity index (χ2v) is 16.9. The molecule has 0 bridgehead atoms. The van der Waals surface area contributed by atoms with Crippen LogP contribution in [0.5, 0.6) is 0 Å². The molecular formula is C24H38BClN2O5Si. The first kappa shape index (κ1) is 27.2.